The molecular weight excluding hydrogens is 216 g/mol. The summed E-state index contributed by atoms with van der Waals surface area (Å²) in [5, 5.41) is 14.3. The van der Waals surface area contributed by atoms with Crippen molar-refractivity contribution in [1.82, 2.24) is 4.98 Å². The van der Waals surface area contributed by atoms with Crippen LogP contribution in [0.15, 0.2) is 5.38 Å². The van der Waals surface area contributed by atoms with E-state index < -0.39 is 12.1 Å². The zero-order valence-electron chi connectivity index (χ0n) is 8.69. The van der Waals surface area contributed by atoms with E-state index in [1.807, 2.05) is 12.3 Å². The van der Waals surface area contributed by atoms with E-state index in [2.05, 4.69) is 10.3 Å². The van der Waals surface area contributed by atoms with Crippen molar-refractivity contribution in [2.45, 2.75) is 19.4 Å². The minimum atomic E-state index is -0.975. The fourth-order valence-electron chi connectivity index (χ4n) is 1.00. The third-order valence-electron chi connectivity index (χ3n) is 1.91. The minimum absolute atomic E-state index is 0.225. The van der Waals surface area contributed by atoms with Gasteiger partial charge in [0.05, 0.1) is 12.2 Å². The number of nitrogens with zero attached hydrogens (tertiary/aromatic N) is 1. The summed E-state index contributed by atoms with van der Waals surface area (Å²) in [6.45, 7) is 2.25. The van der Waals surface area contributed by atoms with Crippen LogP contribution >= 0.6 is 11.3 Å². The zero-order chi connectivity index (χ0) is 11.3. The number of anilines is 1. The van der Waals surface area contributed by atoms with Gasteiger partial charge < -0.3 is 15.2 Å². The maximum atomic E-state index is 10.6. The SMILES string of the molecule is CCc1csc(NCC(OC)C(=O)O)n1. The molecule has 5 nitrogen and oxygen atoms in total. The van der Waals surface area contributed by atoms with Crippen molar-refractivity contribution in [3.63, 3.8) is 0 Å². The van der Waals surface area contributed by atoms with Crippen LogP contribution < -0.4 is 5.32 Å². The quantitative estimate of drug-likeness (QED) is 0.768. The number of methoxy groups -OCH3 is 1. The number of carboxylic acid groups (broad SMARTS) is 1. The Kier molecular flexibility index (Phi) is 4.51. The molecule has 1 rings (SSSR count). The van der Waals surface area contributed by atoms with Gasteiger partial charge in [-0.25, -0.2) is 9.78 Å². The van der Waals surface area contributed by atoms with E-state index in [0.717, 1.165) is 17.2 Å². The standard InChI is InChI=1S/C9H14N2O3S/c1-3-6-5-15-9(11-6)10-4-7(14-2)8(12)13/h5,7H,3-4H2,1-2H3,(H,10,11)(H,12,13). The molecule has 1 aromatic rings. The lowest BCUT2D eigenvalue weighted by Gasteiger charge is -2.10. The number of aromatic nitrogens is 1. The molecule has 0 spiro atoms. The van der Waals surface area contributed by atoms with Crippen LogP contribution in [0.25, 0.3) is 0 Å². The topological polar surface area (TPSA) is 71.5 Å². The molecule has 84 valence electrons. The Bertz CT molecular complexity index is 327. The van der Waals surface area contributed by atoms with E-state index in [0.29, 0.717) is 0 Å². The lowest BCUT2D eigenvalue weighted by molar-refractivity contribution is -0.147. The molecule has 1 unspecified atom stereocenters. The van der Waals surface area contributed by atoms with Gasteiger partial charge in [0.1, 0.15) is 0 Å². The number of carbonyl (C=O) groups is 1. The largest absolute Gasteiger partial charge is 0.479 e. The van der Waals surface area contributed by atoms with E-state index in [-0.39, 0.29) is 6.54 Å². The van der Waals surface area contributed by atoms with Gasteiger partial charge in [-0.1, -0.05) is 6.92 Å². The fraction of sp³-hybridized carbons (Fsp3) is 0.556. The fourth-order valence-corrected chi connectivity index (χ4v) is 1.81. The van der Waals surface area contributed by atoms with Crippen LogP contribution in [0.3, 0.4) is 0 Å². The van der Waals surface area contributed by atoms with Crippen molar-refractivity contribution >= 4 is 22.4 Å². The van der Waals surface area contributed by atoms with Gasteiger partial charge in [0, 0.05) is 12.5 Å². The van der Waals surface area contributed by atoms with Gasteiger partial charge in [0.15, 0.2) is 11.2 Å². The highest BCUT2D eigenvalue weighted by Crippen LogP contribution is 2.15. The number of thiazole rings is 1. The van der Waals surface area contributed by atoms with Gasteiger partial charge in [-0.15, -0.1) is 11.3 Å². The van der Waals surface area contributed by atoms with Gasteiger partial charge >= 0.3 is 5.97 Å². The third-order valence-corrected chi connectivity index (χ3v) is 2.76. The summed E-state index contributed by atoms with van der Waals surface area (Å²) in [4.78, 5) is 14.9. The molecular formula is C9H14N2O3S. The molecule has 2 N–H and O–H groups in total. The molecule has 0 saturated carbocycles. The van der Waals surface area contributed by atoms with E-state index in [1.54, 1.807) is 0 Å². The smallest absolute Gasteiger partial charge is 0.334 e. The Hall–Kier alpha value is -1.14. The highest BCUT2D eigenvalue weighted by atomic mass is 32.1. The lowest BCUT2D eigenvalue weighted by Crippen LogP contribution is -2.30. The van der Waals surface area contributed by atoms with Crippen LogP contribution in [0, 0.1) is 0 Å². The van der Waals surface area contributed by atoms with Gasteiger partial charge in [-0.05, 0) is 6.42 Å². The molecule has 0 bridgehead atoms. The van der Waals surface area contributed by atoms with Crippen LogP contribution in [-0.4, -0.2) is 35.8 Å². The summed E-state index contributed by atoms with van der Waals surface area (Å²) < 4.78 is 4.78. The molecule has 1 heterocycles. The first-order chi connectivity index (χ1) is 7.17. The predicted octanol–water partition coefficient (Wildman–Crippen LogP) is 1.22. The zero-order valence-corrected chi connectivity index (χ0v) is 9.50. The second-order valence-electron chi connectivity index (χ2n) is 2.94. The van der Waals surface area contributed by atoms with Crippen LogP contribution in [-0.2, 0) is 16.0 Å². The van der Waals surface area contributed by atoms with Crippen LogP contribution in [0.1, 0.15) is 12.6 Å². The lowest BCUT2D eigenvalue weighted by atomic mass is 10.3. The third kappa shape index (κ3) is 3.49. The van der Waals surface area contributed by atoms with E-state index in [9.17, 15) is 4.79 Å². The molecule has 15 heavy (non-hydrogen) atoms. The summed E-state index contributed by atoms with van der Waals surface area (Å²) >= 11 is 1.47. The Morgan fingerprint density at radius 1 is 1.80 bits per heavy atom. The van der Waals surface area contributed by atoms with Crippen molar-refractivity contribution < 1.29 is 14.6 Å². The van der Waals surface area contributed by atoms with Gasteiger partial charge in [0.25, 0.3) is 0 Å². The normalized spacial score (nSPS) is 12.4. The molecule has 1 atom stereocenters. The second-order valence-corrected chi connectivity index (χ2v) is 3.80. The Morgan fingerprint density at radius 3 is 3.00 bits per heavy atom. The van der Waals surface area contributed by atoms with Crippen LogP contribution in [0.5, 0.6) is 0 Å². The summed E-state index contributed by atoms with van der Waals surface area (Å²) in [6, 6.07) is 0. The molecule has 0 amide bonds. The molecule has 0 aliphatic rings. The number of hydrogen-bond donors (Lipinski definition) is 2. The number of nitrogens with one attached hydrogen (secondary N) is 1. The number of hydrogen-bond acceptors (Lipinski definition) is 5. The van der Waals surface area contributed by atoms with Crippen molar-refractivity contribution in [2.75, 3.05) is 19.0 Å². The number of aliphatic carboxylic acids is 1. The Balaban J connectivity index is 2.45. The molecule has 6 heteroatoms. The molecule has 0 saturated heterocycles. The van der Waals surface area contributed by atoms with Crippen molar-refractivity contribution in [1.29, 1.82) is 0 Å². The van der Waals surface area contributed by atoms with Crippen LogP contribution in [0.2, 0.25) is 0 Å². The average molecular weight is 230 g/mol. The Morgan fingerprint density at radius 2 is 2.53 bits per heavy atom. The average Bonchev–Trinajstić information content (AvgIpc) is 2.66. The molecule has 0 aliphatic heterocycles. The summed E-state index contributed by atoms with van der Waals surface area (Å²) in [5.41, 5.74) is 1.01. The van der Waals surface area contributed by atoms with Crippen molar-refractivity contribution in [3.05, 3.63) is 11.1 Å². The molecule has 0 radical (unpaired) electrons. The van der Waals surface area contributed by atoms with E-state index in [4.69, 9.17) is 9.84 Å². The first-order valence-corrected chi connectivity index (χ1v) is 5.49. The first-order valence-electron chi connectivity index (χ1n) is 4.61. The second kappa shape index (κ2) is 5.67. The summed E-state index contributed by atoms with van der Waals surface area (Å²) in [6.07, 6.45) is 0.0455. The predicted molar refractivity (Wildman–Crippen MR) is 58.4 cm³/mol. The summed E-state index contributed by atoms with van der Waals surface area (Å²) in [7, 11) is 1.37. The molecule has 1 aromatic heterocycles. The van der Waals surface area contributed by atoms with E-state index >= 15 is 0 Å². The highest BCUT2D eigenvalue weighted by molar-refractivity contribution is 7.13. The molecule has 0 aliphatic carbocycles. The maximum Gasteiger partial charge on any atom is 0.334 e. The molecule has 0 aromatic carbocycles. The van der Waals surface area contributed by atoms with E-state index in [1.165, 1.54) is 18.4 Å². The first kappa shape index (κ1) is 11.9. The number of carboxylic acids is 1. The minimum Gasteiger partial charge on any atom is -0.479 e. The Labute approximate surface area is 92.1 Å². The summed E-state index contributed by atoms with van der Waals surface area (Å²) in [5.74, 6) is -0.975. The van der Waals surface area contributed by atoms with Crippen LogP contribution in [0.4, 0.5) is 5.13 Å². The van der Waals surface area contributed by atoms with Crippen molar-refractivity contribution in [3.8, 4) is 0 Å². The monoisotopic (exact) mass is 230 g/mol. The van der Waals surface area contributed by atoms with Gasteiger partial charge in [-0.3, -0.25) is 0 Å². The van der Waals surface area contributed by atoms with Gasteiger partial charge in [0.2, 0.25) is 0 Å². The maximum absolute atomic E-state index is 10.6. The van der Waals surface area contributed by atoms with Crippen molar-refractivity contribution in [2.24, 2.45) is 0 Å². The highest BCUT2D eigenvalue weighted by Gasteiger charge is 2.16. The van der Waals surface area contributed by atoms with Gasteiger partial charge in [-0.2, -0.15) is 0 Å². The number of aryl methyl sites for hydroxylation is 1. The molecule has 0 fully saturated rings. The number of ether oxygens (including phenoxy) is 1. The number of rotatable bonds is 6.